The molecule has 3 heteroatoms. The summed E-state index contributed by atoms with van der Waals surface area (Å²) in [7, 11) is 1.77. The van der Waals surface area contributed by atoms with Crippen LogP contribution in [0.5, 0.6) is 0 Å². The molecule has 0 amide bonds. The summed E-state index contributed by atoms with van der Waals surface area (Å²) in [5, 5.41) is 0. The Hall–Kier alpha value is -1.87. The van der Waals surface area contributed by atoms with Crippen molar-refractivity contribution in [2.24, 2.45) is 12.8 Å². The average molecular weight is 256 g/mol. The summed E-state index contributed by atoms with van der Waals surface area (Å²) in [5.41, 5.74) is 11.1. The van der Waals surface area contributed by atoms with E-state index in [0.717, 1.165) is 22.4 Å². The second-order valence-electron chi connectivity index (χ2n) is 5.13. The van der Waals surface area contributed by atoms with E-state index in [-0.39, 0.29) is 11.6 Å². The van der Waals surface area contributed by atoms with Gasteiger partial charge in [-0.15, -0.1) is 0 Å². The average Bonchev–Trinajstić information content (AvgIpc) is 2.38. The molecule has 0 aliphatic rings. The number of aromatic nitrogens is 1. The maximum Gasteiger partial charge on any atom is 0.255 e. The highest BCUT2D eigenvalue weighted by Crippen LogP contribution is 2.21. The Morgan fingerprint density at radius 3 is 2.42 bits per heavy atom. The van der Waals surface area contributed by atoms with Crippen molar-refractivity contribution in [3.63, 3.8) is 0 Å². The lowest BCUT2D eigenvalue weighted by Gasteiger charge is -2.17. The van der Waals surface area contributed by atoms with Crippen LogP contribution in [0, 0.1) is 20.8 Å². The molecule has 0 aliphatic carbocycles. The third kappa shape index (κ3) is 2.47. The van der Waals surface area contributed by atoms with Gasteiger partial charge in [-0.1, -0.05) is 23.8 Å². The van der Waals surface area contributed by atoms with E-state index in [0.29, 0.717) is 5.56 Å². The molecule has 0 aliphatic heterocycles. The van der Waals surface area contributed by atoms with Crippen LogP contribution in [0.4, 0.5) is 0 Å². The van der Waals surface area contributed by atoms with E-state index >= 15 is 0 Å². The van der Waals surface area contributed by atoms with Crippen LogP contribution in [-0.4, -0.2) is 4.57 Å². The molecule has 1 aromatic carbocycles. The summed E-state index contributed by atoms with van der Waals surface area (Å²) in [6.07, 6.45) is 0. The van der Waals surface area contributed by atoms with Crippen molar-refractivity contribution in [1.29, 1.82) is 0 Å². The van der Waals surface area contributed by atoms with Crippen LogP contribution in [-0.2, 0) is 7.05 Å². The minimum Gasteiger partial charge on any atom is -0.320 e. The van der Waals surface area contributed by atoms with E-state index in [1.165, 1.54) is 0 Å². The van der Waals surface area contributed by atoms with Crippen molar-refractivity contribution in [1.82, 2.24) is 4.57 Å². The van der Waals surface area contributed by atoms with Crippen molar-refractivity contribution in [2.75, 3.05) is 0 Å². The molecule has 1 aromatic heterocycles. The molecule has 3 nitrogen and oxygen atoms in total. The normalized spacial score (nSPS) is 12.5. The number of nitrogens with two attached hydrogens (primary N) is 1. The Morgan fingerprint density at radius 1 is 1.05 bits per heavy atom. The largest absolute Gasteiger partial charge is 0.320 e. The molecule has 1 heterocycles. The number of hydrogen-bond donors (Lipinski definition) is 1. The van der Waals surface area contributed by atoms with Crippen molar-refractivity contribution in [3.05, 3.63) is 68.6 Å². The van der Waals surface area contributed by atoms with Crippen LogP contribution in [0.15, 0.2) is 35.1 Å². The van der Waals surface area contributed by atoms with Gasteiger partial charge in [-0.25, -0.2) is 0 Å². The van der Waals surface area contributed by atoms with E-state index in [1.54, 1.807) is 11.6 Å². The van der Waals surface area contributed by atoms with Gasteiger partial charge in [0.1, 0.15) is 0 Å². The maximum atomic E-state index is 12.3. The lowest BCUT2D eigenvalue weighted by atomic mass is 9.95. The van der Waals surface area contributed by atoms with Gasteiger partial charge in [-0.2, -0.15) is 0 Å². The van der Waals surface area contributed by atoms with Gasteiger partial charge in [0.15, 0.2) is 0 Å². The van der Waals surface area contributed by atoms with Gasteiger partial charge in [0, 0.05) is 18.3 Å². The molecule has 100 valence electrons. The second kappa shape index (κ2) is 5.02. The van der Waals surface area contributed by atoms with Crippen LogP contribution in [0.1, 0.15) is 34.0 Å². The molecule has 0 bridgehead atoms. The number of nitrogens with zero attached hydrogens (tertiary/aromatic N) is 1. The van der Waals surface area contributed by atoms with Gasteiger partial charge in [0.25, 0.3) is 5.56 Å². The number of hydrogen-bond acceptors (Lipinski definition) is 2. The molecule has 2 N–H and O–H groups in total. The summed E-state index contributed by atoms with van der Waals surface area (Å²) in [4.78, 5) is 12.3. The Kier molecular flexibility index (Phi) is 3.58. The third-order valence-electron chi connectivity index (χ3n) is 3.69. The fourth-order valence-electron chi connectivity index (χ4n) is 2.25. The molecule has 2 aromatic rings. The molecular formula is C16H20N2O. The zero-order valence-electron chi connectivity index (χ0n) is 11.9. The van der Waals surface area contributed by atoms with Crippen LogP contribution < -0.4 is 11.3 Å². The Balaban J connectivity index is 2.56. The molecule has 0 spiro atoms. The van der Waals surface area contributed by atoms with Gasteiger partial charge < -0.3 is 10.3 Å². The summed E-state index contributed by atoms with van der Waals surface area (Å²) >= 11 is 0. The molecule has 19 heavy (non-hydrogen) atoms. The van der Waals surface area contributed by atoms with Crippen molar-refractivity contribution < 1.29 is 0 Å². The predicted molar refractivity (Wildman–Crippen MR) is 78.4 cm³/mol. The SMILES string of the molecule is Cc1ccc(C)c(C(N)c2ccc(C)n(C)c2=O)c1. The maximum absolute atomic E-state index is 12.3. The highest BCUT2D eigenvalue weighted by molar-refractivity contribution is 5.38. The quantitative estimate of drug-likeness (QED) is 0.896. The fourth-order valence-corrected chi connectivity index (χ4v) is 2.25. The fraction of sp³-hybridized carbons (Fsp3) is 0.312. The minimum absolute atomic E-state index is 0.0200. The lowest BCUT2D eigenvalue weighted by molar-refractivity contribution is 0.759. The second-order valence-corrected chi connectivity index (χ2v) is 5.13. The van der Waals surface area contributed by atoms with Crippen molar-refractivity contribution >= 4 is 0 Å². The Labute approximate surface area is 113 Å². The van der Waals surface area contributed by atoms with Gasteiger partial charge in [0.2, 0.25) is 0 Å². The molecule has 1 unspecified atom stereocenters. The van der Waals surface area contributed by atoms with Crippen LogP contribution in [0.2, 0.25) is 0 Å². The number of pyridine rings is 1. The van der Waals surface area contributed by atoms with E-state index in [1.807, 2.05) is 39.0 Å². The van der Waals surface area contributed by atoms with Crippen LogP contribution >= 0.6 is 0 Å². The van der Waals surface area contributed by atoms with Gasteiger partial charge in [0.05, 0.1) is 6.04 Å². The molecule has 0 saturated carbocycles. The van der Waals surface area contributed by atoms with Gasteiger partial charge in [-0.05, 0) is 44.0 Å². The first kappa shape index (κ1) is 13.6. The first-order valence-electron chi connectivity index (χ1n) is 6.41. The number of rotatable bonds is 2. The zero-order valence-corrected chi connectivity index (χ0v) is 11.9. The third-order valence-corrected chi connectivity index (χ3v) is 3.69. The summed E-state index contributed by atoms with van der Waals surface area (Å²) in [6, 6.07) is 9.55. The lowest BCUT2D eigenvalue weighted by Crippen LogP contribution is -2.28. The van der Waals surface area contributed by atoms with E-state index in [2.05, 4.69) is 12.1 Å². The number of benzene rings is 1. The minimum atomic E-state index is -0.376. The highest BCUT2D eigenvalue weighted by atomic mass is 16.1. The van der Waals surface area contributed by atoms with E-state index < -0.39 is 0 Å². The molecule has 0 radical (unpaired) electrons. The molecule has 0 saturated heterocycles. The van der Waals surface area contributed by atoms with Gasteiger partial charge >= 0.3 is 0 Å². The van der Waals surface area contributed by atoms with E-state index in [9.17, 15) is 4.79 Å². The molecule has 2 rings (SSSR count). The van der Waals surface area contributed by atoms with E-state index in [4.69, 9.17) is 5.73 Å². The zero-order chi connectivity index (χ0) is 14.2. The molecule has 0 fully saturated rings. The number of aryl methyl sites for hydroxylation is 3. The monoisotopic (exact) mass is 256 g/mol. The highest BCUT2D eigenvalue weighted by Gasteiger charge is 2.16. The molecule has 1 atom stereocenters. The van der Waals surface area contributed by atoms with Crippen molar-refractivity contribution in [2.45, 2.75) is 26.8 Å². The topological polar surface area (TPSA) is 48.0 Å². The predicted octanol–water partition coefficient (Wildman–Crippen LogP) is 2.36. The smallest absolute Gasteiger partial charge is 0.255 e. The summed E-state index contributed by atoms with van der Waals surface area (Å²) in [6.45, 7) is 5.96. The Bertz CT molecular complexity index is 671. The summed E-state index contributed by atoms with van der Waals surface area (Å²) < 4.78 is 1.64. The van der Waals surface area contributed by atoms with Crippen LogP contribution in [0.25, 0.3) is 0 Å². The van der Waals surface area contributed by atoms with Crippen LogP contribution in [0.3, 0.4) is 0 Å². The molecular weight excluding hydrogens is 236 g/mol. The van der Waals surface area contributed by atoms with Gasteiger partial charge in [-0.3, -0.25) is 4.79 Å². The first-order valence-corrected chi connectivity index (χ1v) is 6.41. The Morgan fingerprint density at radius 2 is 1.74 bits per heavy atom. The standard InChI is InChI=1S/C16H20N2O/c1-10-5-6-11(2)14(9-10)15(17)13-8-7-12(3)18(4)16(13)19/h5-9,15H,17H2,1-4H3. The summed E-state index contributed by atoms with van der Waals surface area (Å²) in [5.74, 6) is 0. The first-order chi connectivity index (χ1) is 8.91. The van der Waals surface area contributed by atoms with Crippen molar-refractivity contribution in [3.8, 4) is 0 Å².